The van der Waals surface area contributed by atoms with Crippen LogP contribution in [0, 0.1) is 5.41 Å². The van der Waals surface area contributed by atoms with Crippen LogP contribution >= 0.6 is 0 Å². The molecule has 0 fully saturated rings. The molecular formula is C9H16. The van der Waals surface area contributed by atoms with E-state index in [0.717, 1.165) is 0 Å². The maximum absolute atomic E-state index is 2.37. The summed E-state index contributed by atoms with van der Waals surface area (Å²) >= 11 is 0. The van der Waals surface area contributed by atoms with Crippen molar-refractivity contribution in [3.8, 4) is 0 Å². The van der Waals surface area contributed by atoms with Crippen molar-refractivity contribution in [2.45, 2.75) is 40.0 Å². The molecule has 52 valence electrons. The van der Waals surface area contributed by atoms with E-state index in [1.165, 1.54) is 19.3 Å². The van der Waals surface area contributed by atoms with Gasteiger partial charge < -0.3 is 0 Å². The third-order valence-electron chi connectivity index (χ3n) is 2.61. The van der Waals surface area contributed by atoms with Gasteiger partial charge in [0, 0.05) is 0 Å². The van der Waals surface area contributed by atoms with Gasteiger partial charge in [0.15, 0.2) is 0 Å². The molecule has 1 rings (SSSR count). The average Bonchev–Trinajstić information content (AvgIpc) is 1.86. The van der Waals surface area contributed by atoms with E-state index in [1.807, 2.05) is 0 Å². The zero-order chi connectivity index (χ0) is 6.91. The van der Waals surface area contributed by atoms with Crippen LogP contribution in [0.2, 0.25) is 0 Å². The summed E-state index contributed by atoms with van der Waals surface area (Å²) in [5.41, 5.74) is 2.19. The van der Waals surface area contributed by atoms with Crippen LogP contribution in [0.25, 0.3) is 0 Å². The van der Waals surface area contributed by atoms with Crippen molar-refractivity contribution >= 4 is 0 Å². The highest BCUT2D eigenvalue weighted by atomic mass is 14.3. The molecular weight excluding hydrogens is 108 g/mol. The van der Waals surface area contributed by atoms with Crippen molar-refractivity contribution in [1.29, 1.82) is 0 Å². The van der Waals surface area contributed by atoms with E-state index in [0.29, 0.717) is 5.41 Å². The lowest BCUT2D eigenvalue weighted by Gasteiger charge is -2.37. The van der Waals surface area contributed by atoms with Gasteiger partial charge in [-0.1, -0.05) is 31.9 Å². The lowest BCUT2D eigenvalue weighted by molar-refractivity contribution is 0.324. The second-order valence-electron chi connectivity index (χ2n) is 3.40. The molecule has 0 saturated heterocycles. The predicted octanol–water partition coefficient (Wildman–Crippen LogP) is 3.14. The first-order valence-corrected chi connectivity index (χ1v) is 3.86. The van der Waals surface area contributed by atoms with Gasteiger partial charge in [0.05, 0.1) is 0 Å². The first kappa shape index (κ1) is 6.85. The van der Waals surface area contributed by atoms with Crippen LogP contribution in [0.3, 0.4) is 0 Å². The zero-order valence-electron chi connectivity index (χ0n) is 6.70. The van der Waals surface area contributed by atoms with E-state index >= 15 is 0 Å². The minimum absolute atomic E-state index is 0.592. The van der Waals surface area contributed by atoms with Crippen molar-refractivity contribution in [3.63, 3.8) is 0 Å². The molecule has 0 nitrogen and oxygen atoms in total. The minimum Gasteiger partial charge on any atom is -0.0842 e. The Kier molecular flexibility index (Phi) is 1.65. The maximum atomic E-state index is 2.37. The fourth-order valence-corrected chi connectivity index (χ4v) is 1.51. The van der Waals surface area contributed by atoms with Crippen LogP contribution in [0.4, 0.5) is 0 Å². The third-order valence-corrected chi connectivity index (χ3v) is 2.61. The maximum Gasteiger partial charge on any atom is -0.00847 e. The molecule has 9 heavy (non-hydrogen) atoms. The smallest absolute Gasteiger partial charge is 0.00847 e. The molecule has 0 aromatic carbocycles. The van der Waals surface area contributed by atoms with Crippen molar-refractivity contribution in [1.82, 2.24) is 0 Å². The Morgan fingerprint density at radius 1 is 1.67 bits per heavy atom. The van der Waals surface area contributed by atoms with E-state index in [2.05, 4.69) is 26.8 Å². The highest BCUT2D eigenvalue weighted by molar-refractivity contribution is 5.22. The number of hydrogen-bond acceptors (Lipinski definition) is 0. The minimum atomic E-state index is 0.592. The summed E-state index contributed by atoms with van der Waals surface area (Å²) in [6, 6.07) is 0. The van der Waals surface area contributed by atoms with E-state index < -0.39 is 0 Å². The number of hydrogen-bond donors (Lipinski definition) is 0. The van der Waals surface area contributed by atoms with Crippen LogP contribution < -0.4 is 0 Å². The summed E-state index contributed by atoms with van der Waals surface area (Å²) in [5, 5.41) is 0. The second-order valence-corrected chi connectivity index (χ2v) is 3.40. The van der Waals surface area contributed by atoms with Crippen LogP contribution in [0.1, 0.15) is 40.0 Å². The fourth-order valence-electron chi connectivity index (χ4n) is 1.51. The standard InChI is InChI=1S/C9H16/c1-4-6-9(3)7-5-8(9)2/h5H,4,6-7H2,1-3H3. The molecule has 0 aliphatic heterocycles. The summed E-state index contributed by atoms with van der Waals surface area (Å²) in [4.78, 5) is 0. The quantitative estimate of drug-likeness (QED) is 0.496. The topological polar surface area (TPSA) is 0 Å². The largest absolute Gasteiger partial charge is 0.0842 e. The Balaban J connectivity index is 2.48. The summed E-state index contributed by atoms with van der Waals surface area (Å²) < 4.78 is 0. The highest BCUT2D eigenvalue weighted by Crippen LogP contribution is 2.43. The van der Waals surface area contributed by atoms with Gasteiger partial charge in [-0.25, -0.2) is 0 Å². The molecule has 0 N–H and O–H groups in total. The fraction of sp³-hybridized carbons (Fsp3) is 0.778. The van der Waals surface area contributed by atoms with E-state index in [1.54, 1.807) is 5.57 Å². The molecule has 0 bridgehead atoms. The zero-order valence-corrected chi connectivity index (χ0v) is 6.70. The Morgan fingerprint density at radius 2 is 2.33 bits per heavy atom. The van der Waals surface area contributed by atoms with Crippen LogP contribution in [0.5, 0.6) is 0 Å². The van der Waals surface area contributed by atoms with Gasteiger partial charge in [-0.15, -0.1) is 0 Å². The summed E-state index contributed by atoms with van der Waals surface area (Å²) in [6.07, 6.45) is 6.35. The second kappa shape index (κ2) is 2.17. The molecule has 0 radical (unpaired) electrons. The summed E-state index contributed by atoms with van der Waals surface area (Å²) in [5.74, 6) is 0. The lowest BCUT2D eigenvalue weighted by atomic mass is 9.68. The monoisotopic (exact) mass is 124 g/mol. The van der Waals surface area contributed by atoms with E-state index in [4.69, 9.17) is 0 Å². The predicted molar refractivity (Wildman–Crippen MR) is 41.4 cm³/mol. The first-order chi connectivity index (χ1) is 4.19. The van der Waals surface area contributed by atoms with Gasteiger partial charge in [-0.3, -0.25) is 0 Å². The molecule has 1 aliphatic rings. The summed E-state index contributed by atoms with van der Waals surface area (Å²) in [7, 11) is 0. The molecule has 0 heteroatoms. The van der Waals surface area contributed by atoms with Gasteiger partial charge in [0.25, 0.3) is 0 Å². The number of rotatable bonds is 2. The number of allylic oxidation sites excluding steroid dienone is 2. The Hall–Kier alpha value is -0.260. The van der Waals surface area contributed by atoms with Gasteiger partial charge in [0.2, 0.25) is 0 Å². The molecule has 0 saturated carbocycles. The van der Waals surface area contributed by atoms with Crippen LogP contribution in [-0.4, -0.2) is 0 Å². The van der Waals surface area contributed by atoms with Gasteiger partial charge >= 0.3 is 0 Å². The van der Waals surface area contributed by atoms with E-state index in [9.17, 15) is 0 Å². The van der Waals surface area contributed by atoms with Gasteiger partial charge in [0.1, 0.15) is 0 Å². The first-order valence-electron chi connectivity index (χ1n) is 3.86. The van der Waals surface area contributed by atoms with Crippen molar-refractivity contribution in [2.24, 2.45) is 5.41 Å². The molecule has 0 aromatic rings. The lowest BCUT2D eigenvalue weighted by Crippen LogP contribution is -2.23. The highest BCUT2D eigenvalue weighted by Gasteiger charge is 2.30. The third kappa shape index (κ3) is 1.03. The average molecular weight is 124 g/mol. The Labute approximate surface area is 58.0 Å². The van der Waals surface area contributed by atoms with Crippen molar-refractivity contribution in [2.75, 3.05) is 0 Å². The molecule has 1 aliphatic carbocycles. The van der Waals surface area contributed by atoms with Gasteiger partial charge in [-0.05, 0) is 25.2 Å². The van der Waals surface area contributed by atoms with Crippen molar-refractivity contribution in [3.05, 3.63) is 11.6 Å². The SMILES string of the molecule is CCCC1(C)CC=C1C. The van der Waals surface area contributed by atoms with Crippen LogP contribution in [-0.2, 0) is 0 Å². The van der Waals surface area contributed by atoms with E-state index in [-0.39, 0.29) is 0 Å². The van der Waals surface area contributed by atoms with Crippen molar-refractivity contribution < 1.29 is 0 Å². The molecule has 0 aromatic heterocycles. The Morgan fingerprint density at radius 3 is 2.44 bits per heavy atom. The molecule has 0 heterocycles. The molecule has 0 amide bonds. The molecule has 1 atom stereocenters. The van der Waals surface area contributed by atoms with Crippen LogP contribution in [0.15, 0.2) is 11.6 Å². The summed E-state index contributed by atoms with van der Waals surface area (Å²) in [6.45, 7) is 6.88. The molecule has 1 unspecified atom stereocenters. The van der Waals surface area contributed by atoms with Gasteiger partial charge in [-0.2, -0.15) is 0 Å². The molecule has 0 spiro atoms. The Bertz CT molecular complexity index is 133. The normalized spacial score (nSPS) is 33.4.